The first kappa shape index (κ1) is 16.0. The molecule has 2 aromatic rings. The molecule has 0 saturated carbocycles. The van der Waals surface area contributed by atoms with Crippen LogP contribution in [0.5, 0.6) is 0 Å². The number of hydrogen-bond donors (Lipinski definition) is 2. The number of anilines is 1. The summed E-state index contributed by atoms with van der Waals surface area (Å²) in [5.74, 6) is -0.137. The first-order chi connectivity index (χ1) is 11.2. The molecule has 2 N–H and O–H groups in total. The second-order valence-electron chi connectivity index (χ2n) is 6.15. The third kappa shape index (κ3) is 4.57. The molecule has 0 atom stereocenters. The molecule has 2 aromatic carbocycles. The van der Waals surface area contributed by atoms with Gasteiger partial charge in [-0.1, -0.05) is 29.8 Å². The van der Waals surface area contributed by atoms with Crippen molar-refractivity contribution in [2.24, 2.45) is 0 Å². The van der Waals surface area contributed by atoms with Crippen LogP contribution in [0.15, 0.2) is 48.5 Å². The maximum atomic E-state index is 12.2. The molecule has 1 saturated heterocycles. The molecule has 1 amide bonds. The number of rotatable bonds is 4. The fraction of sp³-hybridized carbons (Fsp3) is 0.316. The molecule has 4 heteroatoms. The summed E-state index contributed by atoms with van der Waals surface area (Å²) in [4.78, 5) is 13.9. The summed E-state index contributed by atoms with van der Waals surface area (Å²) in [7, 11) is 0. The van der Waals surface area contributed by atoms with Crippen molar-refractivity contribution in [2.45, 2.75) is 25.8 Å². The highest BCUT2D eigenvalue weighted by atomic mass is 35.5. The van der Waals surface area contributed by atoms with Crippen LogP contribution < -0.4 is 10.2 Å². The third-order valence-electron chi connectivity index (χ3n) is 4.31. The molecule has 0 unspecified atom stereocenters. The van der Waals surface area contributed by atoms with Crippen LogP contribution in [0.1, 0.15) is 35.2 Å². The zero-order valence-corrected chi connectivity index (χ0v) is 13.9. The van der Waals surface area contributed by atoms with Crippen molar-refractivity contribution in [3.8, 4) is 0 Å². The number of benzene rings is 2. The molecule has 0 spiro atoms. The predicted octanol–water partition coefficient (Wildman–Crippen LogP) is 3.16. The van der Waals surface area contributed by atoms with E-state index in [0.717, 1.165) is 12.2 Å². The normalized spacial score (nSPS) is 15.3. The van der Waals surface area contributed by atoms with Crippen molar-refractivity contribution in [3.63, 3.8) is 0 Å². The second kappa shape index (κ2) is 7.62. The number of carbonyl (C=O) groups is 1. The highest BCUT2D eigenvalue weighted by Crippen LogP contribution is 2.14. The number of piperidine rings is 1. The third-order valence-corrected chi connectivity index (χ3v) is 4.55. The highest BCUT2D eigenvalue weighted by Gasteiger charge is 2.13. The topological polar surface area (TPSA) is 33.5 Å². The average Bonchev–Trinajstić information content (AvgIpc) is 2.57. The van der Waals surface area contributed by atoms with Crippen molar-refractivity contribution in [1.82, 2.24) is 0 Å². The summed E-state index contributed by atoms with van der Waals surface area (Å²) in [5, 5.41) is 3.48. The van der Waals surface area contributed by atoms with Gasteiger partial charge in [-0.15, -0.1) is 0 Å². The number of nitrogens with one attached hydrogen (secondary N) is 2. The van der Waals surface area contributed by atoms with Crippen LogP contribution in [0.3, 0.4) is 0 Å². The largest absolute Gasteiger partial charge is 0.331 e. The van der Waals surface area contributed by atoms with E-state index >= 15 is 0 Å². The molecule has 1 aliphatic rings. The molecule has 23 heavy (non-hydrogen) atoms. The molecule has 0 bridgehead atoms. The van der Waals surface area contributed by atoms with Crippen LogP contribution in [-0.2, 0) is 6.54 Å². The van der Waals surface area contributed by atoms with E-state index in [9.17, 15) is 4.79 Å². The summed E-state index contributed by atoms with van der Waals surface area (Å²) in [6.45, 7) is 3.61. The summed E-state index contributed by atoms with van der Waals surface area (Å²) in [5.41, 5.74) is 2.70. The molecule has 1 fully saturated rings. The van der Waals surface area contributed by atoms with Crippen molar-refractivity contribution in [2.75, 3.05) is 18.4 Å². The van der Waals surface area contributed by atoms with E-state index in [1.165, 1.54) is 37.9 Å². The van der Waals surface area contributed by atoms with Crippen LogP contribution in [0.2, 0.25) is 5.02 Å². The number of likely N-dealkylation sites (tertiary alicyclic amines) is 1. The highest BCUT2D eigenvalue weighted by molar-refractivity contribution is 6.31. The Labute approximate surface area is 142 Å². The standard InChI is InChI=1S/C19H21ClN2O/c20-17-6-4-5-16(13-17)19(23)21-18-9-7-15(8-10-18)14-22-11-2-1-3-12-22/h4-10,13H,1-3,11-12,14H2,(H,21,23)/p+1. The second-order valence-corrected chi connectivity index (χ2v) is 6.59. The molecule has 0 aliphatic carbocycles. The van der Waals surface area contributed by atoms with E-state index in [1.54, 1.807) is 29.2 Å². The summed E-state index contributed by atoms with van der Waals surface area (Å²) >= 11 is 5.92. The van der Waals surface area contributed by atoms with Crippen molar-refractivity contribution in [1.29, 1.82) is 0 Å². The summed E-state index contributed by atoms with van der Waals surface area (Å²) in [6.07, 6.45) is 4.05. The van der Waals surface area contributed by atoms with Gasteiger partial charge in [-0.2, -0.15) is 0 Å². The van der Waals surface area contributed by atoms with Crippen LogP contribution in [-0.4, -0.2) is 19.0 Å². The molecule has 1 aliphatic heterocycles. The van der Waals surface area contributed by atoms with Gasteiger partial charge in [0.05, 0.1) is 13.1 Å². The van der Waals surface area contributed by atoms with Gasteiger partial charge in [-0.05, 0) is 49.6 Å². The number of hydrogen-bond acceptors (Lipinski definition) is 1. The molecule has 0 aromatic heterocycles. The van der Waals surface area contributed by atoms with Gasteiger partial charge in [-0.25, -0.2) is 0 Å². The summed E-state index contributed by atoms with van der Waals surface area (Å²) < 4.78 is 0. The first-order valence-electron chi connectivity index (χ1n) is 8.20. The van der Waals surface area contributed by atoms with E-state index in [4.69, 9.17) is 11.6 Å². The van der Waals surface area contributed by atoms with Crippen LogP contribution in [0.4, 0.5) is 5.69 Å². The zero-order chi connectivity index (χ0) is 16.1. The Kier molecular flexibility index (Phi) is 5.31. The molecule has 3 nitrogen and oxygen atoms in total. The maximum Gasteiger partial charge on any atom is 0.255 e. The van der Waals surface area contributed by atoms with Gasteiger partial charge >= 0.3 is 0 Å². The lowest BCUT2D eigenvalue weighted by atomic mass is 10.1. The Morgan fingerprint density at radius 3 is 2.48 bits per heavy atom. The Bertz CT molecular complexity index is 663. The molecule has 1 heterocycles. The van der Waals surface area contributed by atoms with Crippen molar-refractivity contribution >= 4 is 23.2 Å². The lowest BCUT2D eigenvalue weighted by Gasteiger charge is -2.23. The number of halogens is 1. The molecular formula is C19H22ClN2O+. The number of quaternary nitrogens is 1. The van der Waals surface area contributed by atoms with Gasteiger partial charge in [0.2, 0.25) is 0 Å². The van der Waals surface area contributed by atoms with E-state index in [-0.39, 0.29) is 5.91 Å². The minimum absolute atomic E-state index is 0.137. The van der Waals surface area contributed by atoms with Crippen molar-refractivity contribution in [3.05, 3.63) is 64.7 Å². The van der Waals surface area contributed by atoms with E-state index < -0.39 is 0 Å². The minimum atomic E-state index is -0.137. The lowest BCUT2D eigenvalue weighted by Crippen LogP contribution is -3.11. The van der Waals surface area contributed by atoms with E-state index in [2.05, 4.69) is 17.4 Å². The maximum absolute atomic E-state index is 12.2. The van der Waals surface area contributed by atoms with Gasteiger partial charge in [0.15, 0.2) is 0 Å². The zero-order valence-electron chi connectivity index (χ0n) is 13.1. The van der Waals surface area contributed by atoms with Gasteiger partial charge in [0, 0.05) is 21.8 Å². The Balaban J connectivity index is 1.59. The van der Waals surface area contributed by atoms with Gasteiger partial charge in [0.1, 0.15) is 6.54 Å². The lowest BCUT2D eigenvalue weighted by molar-refractivity contribution is -0.918. The van der Waals surface area contributed by atoms with Gasteiger partial charge < -0.3 is 10.2 Å². The molecule has 3 rings (SSSR count). The smallest absolute Gasteiger partial charge is 0.255 e. The number of amides is 1. The number of carbonyl (C=O) groups excluding carboxylic acids is 1. The van der Waals surface area contributed by atoms with E-state index in [1.807, 2.05) is 12.1 Å². The SMILES string of the molecule is O=C(Nc1ccc(C[NH+]2CCCCC2)cc1)c1cccc(Cl)c1. The Morgan fingerprint density at radius 2 is 1.78 bits per heavy atom. The fourth-order valence-electron chi connectivity index (χ4n) is 3.06. The summed E-state index contributed by atoms with van der Waals surface area (Å²) in [6, 6.07) is 15.1. The first-order valence-corrected chi connectivity index (χ1v) is 8.58. The van der Waals surface area contributed by atoms with Crippen molar-refractivity contribution < 1.29 is 9.69 Å². The molecule has 120 valence electrons. The van der Waals surface area contributed by atoms with E-state index in [0.29, 0.717) is 10.6 Å². The molecule has 0 radical (unpaired) electrons. The fourth-order valence-corrected chi connectivity index (χ4v) is 3.25. The minimum Gasteiger partial charge on any atom is -0.331 e. The predicted molar refractivity (Wildman–Crippen MR) is 94.1 cm³/mol. The quantitative estimate of drug-likeness (QED) is 0.887. The monoisotopic (exact) mass is 329 g/mol. The Morgan fingerprint density at radius 1 is 1.04 bits per heavy atom. The Hall–Kier alpha value is -1.84. The van der Waals surface area contributed by atoms with Gasteiger partial charge in [-0.3, -0.25) is 4.79 Å². The average molecular weight is 330 g/mol. The van der Waals surface area contributed by atoms with Crippen LogP contribution >= 0.6 is 11.6 Å². The van der Waals surface area contributed by atoms with Crippen LogP contribution in [0.25, 0.3) is 0 Å². The molecular weight excluding hydrogens is 308 g/mol. The van der Waals surface area contributed by atoms with Gasteiger partial charge in [0.25, 0.3) is 5.91 Å². The van der Waals surface area contributed by atoms with Crippen LogP contribution in [0, 0.1) is 0 Å².